The number of hydrogen-bond donors (Lipinski definition) is 1. The van der Waals surface area contributed by atoms with Crippen LogP contribution >= 0.6 is 0 Å². The second-order valence-electron chi connectivity index (χ2n) is 7.96. The molecule has 0 rings (SSSR count). The van der Waals surface area contributed by atoms with Crippen LogP contribution in [0.2, 0.25) is 0 Å². The van der Waals surface area contributed by atoms with Gasteiger partial charge in [0.25, 0.3) is 0 Å². The first-order valence-electron chi connectivity index (χ1n) is 7.52. The summed E-state index contributed by atoms with van der Waals surface area (Å²) in [7, 11) is 0. The van der Waals surface area contributed by atoms with Crippen molar-refractivity contribution in [3.63, 3.8) is 0 Å². The summed E-state index contributed by atoms with van der Waals surface area (Å²) in [5.74, 6) is 0. The molecule has 1 N–H and O–H groups in total. The predicted octanol–water partition coefficient (Wildman–Crippen LogP) is 5.52. The van der Waals surface area contributed by atoms with Crippen molar-refractivity contribution in [1.29, 1.82) is 0 Å². The minimum atomic E-state index is 0.414. The Kier molecular flexibility index (Phi) is 7.66. The lowest BCUT2D eigenvalue weighted by molar-refractivity contribution is 0.357. The lowest BCUT2D eigenvalue weighted by Gasteiger charge is -2.19. The van der Waals surface area contributed by atoms with Gasteiger partial charge in [-0.1, -0.05) is 61.0 Å². The molecule has 0 atom stereocenters. The van der Waals surface area contributed by atoms with Gasteiger partial charge in [0, 0.05) is 12.2 Å². The lowest BCUT2D eigenvalue weighted by Crippen LogP contribution is -2.16. The van der Waals surface area contributed by atoms with Crippen LogP contribution in [-0.2, 0) is 0 Å². The van der Waals surface area contributed by atoms with E-state index in [0.717, 1.165) is 13.0 Å². The Labute approximate surface area is 115 Å². The monoisotopic (exact) mass is 253 g/mol. The van der Waals surface area contributed by atoms with E-state index in [2.05, 4.69) is 53.4 Å². The Hall–Kier alpha value is -0.460. The van der Waals surface area contributed by atoms with Crippen LogP contribution in [0.15, 0.2) is 12.3 Å². The normalized spacial score (nSPS) is 12.6. The fourth-order valence-corrected chi connectivity index (χ4v) is 1.84. The molecule has 0 saturated carbocycles. The van der Waals surface area contributed by atoms with Gasteiger partial charge in [-0.15, -0.1) is 0 Å². The Morgan fingerprint density at radius 1 is 0.833 bits per heavy atom. The van der Waals surface area contributed by atoms with Crippen molar-refractivity contribution in [1.82, 2.24) is 5.32 Å². The lowest BCUT2D eigenvalue weighted by atomic mass is 9.89. The van der Waals surface area contributed by atoms with Crippen LogP contribution in [0, 0.1) is 10.8 Å². The van der Waals surface area contributed by atoms with E-state index in [1.54, 1.807) is 0 Å². The highest BCUT2D eigenvalue weighted by molar-refractivity contribution is 4.91. The third kappa shape index (κ3) is 13.6. The third-order valence-corrected chi connectivity index (χ3v) is 3.16. The van der Waals surface area contributed by atoms with Crippen LogP contribution in [-0.4, -0.2) is 6.54 Å². The van der Waals surface area contributed by atoms with E-state index >= 15 is 0 Å². The second-order valence-corrected chi connectivity index (χ2v) is 7.96. The molecule has 0 bridgehead atoms. The van der Waals surface area contributed by atoms with Crippen LogP contribution in [0.1, 0.15) is 80.1 Å². The zero-order valence-corrected chi connectivity index (χ0v) is 13.7. The first kappa shape index (κ1) is 17.5. The Balaban J connectivity index is 3.42. The SMILES string of the molecule is C=C(CCC(C)(C)C)NCCCCCC(C)(C)C. The number of hydrogen-bond acceptors (Lipinski definition) is 1. The van der Waals surface area contributed by atoms with E-state index in [0.29, 0.717) is 10.8 Å². The van der Waals surface area contributed by atoms with E-state index in [-0.39, 0.29) is 0 Å². The Bertz CT molecular complexity index is 227. The van der Waals surface area contributed by atoms with Gasteiger partial charge in [0.2, 0.25) is 0 Å². The molecule has 0 aliphatic heterocycles. The highest BCUT2D eigenvalue weighted by Crippen LogP contribution is 2.23. The van der Waals surface area contributed by atoms with Crippen LogP contribution < -0.4 is 5.32 Å². The summed E-state index contributed by atoms with van der Waals surface area (Å²) in [5.41, 5.74) is 2.11. The molecule has 0 spiro atoms. The number of unbranched alkanes of at least 4 members (excludes halogenated alkanes) is 2. The maximum atomic E-state index is 4.10. The van der Waals surface area contributed by atoms with E-state index in [1.165, 1.54) is 37.8 Å². The summed E-state index contributed by atoms with van der Waals surface area (Å²) < 4.78 is 0. The quantitative estimate of drug-likeness (QED) is 0.561. The summed E-state index contributed by atoms with van der Waals surface area (Å²) in [6.07, 6.45) is 7.59. The van der Waals surface area contributed by atoms with E-state index in [4.69, 9.17) is 0 Å². The molecule has 0 amide bonds. The summed E-state index contributed by atoms with van der Waals surface area (Å²) in [6.45, 7) is 19.0. The van der Waals surface area contributed by atoms with Crippen molar-refractivity contribution in [3.05, 3.63) is 12.3 Å². The molecule has 108 valence electrons. The highest BCUT2D eigenvalue weighted by Gasteiger charge is 2.10. The molecular weight excluding hydrogens is 218 g/mol. The van der Waals surface area contributed by atoms with Crippen LogP contribution in [0.5, 0.6) is 0 Å². The van der Waals surface area contributed by atoms with Crippen molar-refractivity contribution in [2.45, 2.75) is 80.1 Å². The van der Waals surface area contributed by atoms with Gasteiger partial charge in [0.1, 0.15) is 0 Å². The molecule has 0 aliphatic rings. The van der Waals surface area contributed by atoms with Crippen molar-refractivity contribution in [2.24, 2.45) is 10.8 Å². The largest absolute Gasteiger partial charge is 0.389 e. The summed E-state index contributed by atoms with van der Waals surface area (Å²) in [6, 6.07) is 0. The number of nitrogens with one attached hydrogen (secondary N) is 1. The molecule has 0 heterocycles. The molecule has 18 heavy (non-hydrogen) atoms. The van der Waals surface area contributed by atoms with Crippen molar-refractivity contribution in [2.75, 3.05) is 6.54 Å². The molecule has 0 aliphatic carbocycles. The van der Waals surface area contributed by atoms with Crippen molar-refractivity contribution >= 4 is 0 Å². The Morgan fingerprint density at radius 3 is 1.89 bits per heavy atom. The standard InChI is InChI=1S/C17H35N/c1-15(11-13-17(5,6)7)18-14-10-8-9-12-16(2,3)4/h18H,1,8-14H2,2-7H3. The molecule has 0 aromatic rings. The molecule has 0 unspecified atom stereocenters. The zero-order chi connectivity index (χ0) is 14.2. The molecule has 0 saturated heterocycles. The van der Waals surface area contributed by atoms with Gasteiger partial charge in [-0.05, 0) is 36.5 Å². The van der Waals surface area contributed by atoms with Gasteiger partial charge >= 0.3 is 0 Å². The molecule has 1 nitrogen and oxygen atoms in total. The van der Waals surface area contributed by atoms with Crippen LogP contribution in [0.3, 0.4) is 0 Å². The maximum absolute atomic E-state index is 4.10. The summed E-state index contributed by atoms with van der Waals surface area (Å²) in [4.78, 5) is 0. The van der Waals surface area contributed by atoms with Gasteiger partial charge in [-0.2, -0.15) is 0 Å². The van der Waals surface area contributed by atoms with Gasteiger partial charge in [0.15, 0.2) is 0 Å². The molecule has 0 radical (unpaired) electrons. The predicted molar refractivity (Wildman–Crippen MR) is 83.8 cm³/mol. The average molecular weight is 253 g/mol. The van der Waals surface area contributed by atoms with E-state index in [9.17, 15) is 0 Å². The molecule has 0 aromatic carbocycles. The topological polar surface area (TPSA) is 12.0 Å². The molecular formula is C17H35N. The Morgan fingerprint density at radius 2 is 1.39 bits per heavy atom. The molecule has 1 heteroatoms. The minimum absolute atomic E-state index is 0.414. The molecule has 0 fully saturated rings. The number of rotatable bonds is 8. The van der Waals surface area contributed by atoms with Crippen molar-refractivity contribution < 1.29 is 0 Å². The fraction of sp³-hybridized carbons (Fsp3) is 0.882. The average Bonchev–Trinajstić information content (AvgIpc) is 2.17. The van der Waals surface area contributed by atoms with Gasteiger partial charge in [-0.3, -0.25) is 0 Å². The first-order valence-corrected chi connectivity index (χ1v) is 7.52. The minimum Gasteiger partial charge on any atom is -0.389 e. The molecule has 0 aromatic heterocycles. The van der Waals surface area contributed by atoms with Gasteiger partial charge in [0.05, 0.1) is 0 Å². The smallest absolute Gasteiger partial charge is 0.0143 e. The van der Waals surface area contributed by atoms with Crippen molar-refractivity contribution in [3.8, 4) is 0 Å². The van der Waals surface area contributed by atoms with Gasteiger partial charge in [-0.25, -0.2) is 0 Å². The van der Waals surface area contributed by atoms with Crippen LogP contribution in [0.25, 0.3) is 0 Å². The van der Waals surface area contributed by atoms with E-state index < -0.39 is 0 Å². The summed E-state index contributed by atoms with van der Waals surface area (Å²) >= 11 is 0. The van der Waals surface area contributed by atoms with Crippen LogP contribution in [0.4, 0.5) is 0 Å². The number of allylic oxidation sites excluding steroid dienone is 1. The third-order valence-electron chi connectivity index (χ3n) is 3.16. The first-order chi connectivity index (χ1) is 8.10. The highest BCUT2D eigenvalue weighted by atomic mass is 14.9. The maximum Gasteiger partial charge on any atom is 0.0143 e. The zero-order valence-electron chi connectivity index (χ0n) is 13.7. The second kappa shape index (κ2) is 7.86. The van der Waals surface area contributed by atoms with E-state index in [1.807, 2.05) is 0 Å². The van der Waals surface area contributed by atoms with Gasteiger partial charge < -0.3 is 5.32 Å². The summed E-state index contributed by atoms with van der Waals surface area (Å²) in [5, 5.41) is 3.46. The fourth-order valence-electron chi connectivity index (χ4n) is 1.84.